The Kier molecular flexibility index (Phi) is 6.58. The van der Waals surface area contributed by atoms with Gasteiger partial charge in [0, 0.05) is 44.4 Å². The van der Waals surface area contributed by atoms with Crippen LogP contribution in [0.1, 0.15) is 92.9 Å². The summed E-state index contributed by atoms with van der Waals surface area (Å²) in [5, 5.41) is 12.0. The average molecular weight is 479 g/mol. The van der Waals surface area contributed by atoms with Gasteiger partial charge in [-0.25, -0.2) is 0 Å². The van der Waals surface area contributed by atoms with Crippen LogP contribution in [-0.2, 0) is 28.6 Å². The van der Waals surface area contributed by atoms with E-state index in [1.165, 1.54) is 20.8 Å². The highest BCUT2D eigenvalue weighted by atomic mass is 16.6. The van der Waals surface area contributed by atoms with Crippen molar-refractivity contribution < 1.29 is 33.7 Å². The molecule has 4 rings (SSSR count). The van der Waals surface area contributed by atoms with Gasteiger partial charge in [0.05, 0.1) is 5.60 Å². The van der Waals surface area contributed by atoms with E-state index in [0.717, 1.165) is 25.7 Å². The third-order valence-corrected chi connectivity index (χ3v) is 10.3. The maximum Gasteiger partial charge on any atom is 0.302 e. The van der Waals surface area contributed by atoms with Crippen LogP contribution in [0.2, 0.25) is 0 Å². The number of hydrogen-bond donors (Lipinski definition) is 1. The molecule has 1 N–H and O–H groups in total. The van der Waals surface area contributed by atoms with E-state index in [2.05, 4.69) is 13.8 Å². The largest absolute Gasteiger partial charge is 0.463 e. The summed E-state index contributed by atoms with van der Waals surface area (Å²) in [6.45, 7) is 10.8. The lowest BCUT2D eigenvalue weighted by atomic mass is 9.42. The predicted molar refractivity (Wildman–Crippen MR) is 124 cm³/mol. The highest BCUT2D eigenvalue weighted by molar-refractivity contribution is 5.67. The predicted octanol–water partition coefficient (Wildman–Crippen LogP) is 4.19. The number of ether oxygens (including phenoxy) is 3. The number of fused-ring (bicyclic) bond motifs is 5. The van der Waals surface area contributed by atoms with Gasteiger partial charge in [0.1, 0.15) is 18.3 Å². The molecule has 4 fully saturated rings. The molecule has 0 bridgehead atoms. The Morgan fingerprint density at radius 2 is 1.56 bits per heavy atom. The Bertz CT molecular complexity index is 841. The zero-order chi connectivity index (χ0) is 25.1. The fourth-order valence-corrected chi connectivity index (χ4v) is 9.10. The Balaban J connectivity index is 1.67. The van der Waals surface area contributed by atoms with E-state index in [0.29, 0.717) is 37.5 Å². The molecule has 4 saturated carbocycles. The van der Waals surface area contributed by atoms with Crippen molar-refractivity contribution in [3.8, 4) is 0 Å². The first-order chi connectivity index (χ1) is 15.8. The van der Waals surface area contributed by atoms with Crippen molar-refractivity contribution in [2.75, 3.05) is 0 Å². The van der Waals surface area contributed by atoms with Crippen molar-refractivity contribution in [1.82, 2.24) is 0 Å². The molecule has 0 aromatic carbocycles. The van der Waals surface area contributed by atoms with Crippen LogP contribution in [0.25, 0.3) is 0 Å². The molecule has 10 atom stereocenters. The summed E-state index contributed by atoms with van der Waals surface area (Å²) >= 11 is 0. The zero-order valence-electron chi connectivity index (χ0n) is 21.6. The lowest BCUT2D eigenvalue weighted by Gasteiger charge is -2.65. The molecule has 0 aliphatic heterocycles. The van der Waals surface area contributed by atoms with E-state index >= 15 is 0 Å². The molecule has 4 aliphatic carbocycles. The molecule has 192 valence electrons. The Hall–Kier alpha value is -1.63. The van der Waals surface area contributed by atoms with Crippen LogP contribution < -0.4 is 0 Å². The molecular weight excluding hydrogens is 436 g/mol. The molecule has 34 heavy (non-hydrogen) atoms. The number of esters is 3. The normalized spacial score (nSPS) is 46.3. The summed E-state index contributed by atoms with van der Waals surface area (Å²) in [6, 6.07) is 0. The molecule has 4 aliphatic rings. The molecule has 0 amide bonds. The van der Waals surface area contributed by atoms with E-state index in [1.54, 1.807) is 0 Å². The summed E-state index contributed by atoms with van der Waals surface area (Å²) < 4.78 is 17.2. The summed E-state index contributed by atoms with van der Waals surface area (Å²) in [6.07, 6.45) is 5.41. The molecular formula is C27H42O7. The second-order valence-electron chi connectivity index (χ2n) is 12.1. The van der Waals surface area contributed by atoms with Gasteiger partial charge in [0.25, 0.3) is 0 Å². The van der Waals surface area contributed by atoms with Crippen LogP contribution >= 0.6 is 0 Å². The fourth-order valence-electron chi connectivity index (χ4n) is 9.10. The highest BCUT2D eigenvalue weighted by Crippen LogP contribution is 2.69. The summed E-state index contributed by atoms with van der Waals surface area (Å²) in [5.41, 5.74) is -1.48. The van der Waals surface area contributed by atoms with Gasteiger partial charge < -0.3 is 19.3 Å². The Morgan fingerprint density at radius 3 is 2.18 bits per heavy atom. The SMILES string of the molecule is CC(=O)O[C@@H]1CC[C@]2(C)[C@H]3[C@@H](CC[C@]2(O)C1)[C@H]1CC[C@@H]([C@@H](C)OC(C)=O)[C@@]1(C)C[C@H]3OC(C)=O. The van der Waals surface area contributed by atoms with E-state index in [4.69, 9.17) is 14.2 Å². The van der Waals surface area contributed by atoms with Crippen LogP contribution in [0.15, 0.2) is 0 Å². The third-order valence-electron chi connectivity index (χ3n) is 10.3. The Labute approximate surface area is 203 Å². The smallest absolute Gasteiger partial charge is 0.302 e. The zero-order valence-corrected chi connectivity index (χ0v) is 21.6. The number of hydrogen-bond acceptors (Lipinski definition) is 7. The molecule has 7 heteroatoms. The molecule has 0 heterocycles. The maximum atomic E-state index is 12.2. The summed E-state index contributed by atoms with van der Waals surface area (Å²) in [4.78, 5) is 35.5. The van der Waals surface area contributed by atoms with Gasteiger partial charge in [0.2, 0.25) is 0 Å². The monoisotopic (exact) mass is 478 g/mol. The number of carbonyl (C=O) groups is 3. The molecule has 0 unspecified atom stereocenters. The van der Waals surface area contributed by atoms with Gasteiger partial charge in [-0.15, -0.1) is 0 Å². The molecule has 0 saturated heterocycles. The topological polar surface area (TPSA) is 99.1 Å². The Morgan fingerprint density at radius 1 is 0.882 bits per heavy atom. The molecule has 0 aromatic heterocycles. The van der Waals surface area contributed by atoms with Crippen LogP contribution in [-0.4, -0.2) is 46.9 Å². The minimum absolute atomic E-state index is 0.0503. The average Bonchev–Trinajstić information content (AvgIpc) is 3.04. The van der Waals surface area contributed by atoms with E-state index < -0.39 is 11.0 Å². The number of aliphatic hydroxyl groups is 1. The molecule has 0 spiro atoms. The van der Waals surface area contributed by atoms with Crippen molar-refractivity contribution in [3.63, 3.8) is 0 Å². The van der Waals surface area contributed by atoms with Crippen LogP contribution in [0, 0.1) is 34.5 Å². The maximum absolute atomic E-state index is 12.2. The first-order valence-corrected chi connectivity index (χ1v) is 13.0. The van der Waals surface area contributed by atoms with E-state index in [9.17, 15) is 19.5 Å². The summed E-state index contributed by atoms with van der Waals surface area (Å²) in [5.74, 6) is 0.163. The van der Waals surface area contributed by atoms with Crippen LogP contribution in [0.5, 0.6) is 0 Å². The number of rotatable bonds is 4. The first kappa shape index (κ1) is 25.5. The van der Waals surface area contributed by atoms with Crippen molar-refractivity contribution in [3.05, 3.63) is 0 Å². The third kappa shape index (κ3) is 4.06. The molecule has 7 nitrogen and oxygen atoms in total. The van der Waals surface area contributed by atoms with E-state index in [-0.39, 0.29) is 53.5 Å². The van der Waals surface area contributed by atoms with Crippen molar-refractivity contribution in [1.29, 1.82) is 0 Å². The number of carbonyl (C=O) groups excluding carboxylic acids is 3. The van der Waals surface area contributed by atoms with Gasteiger partial charge in [-0.2, -0.15) is 0 Å². The van der Waals surface area contributed by atoms with E-state index in [1.807, 2.05) is 6.92 Å². The van der Waals surface area contributed by atoms with Crippen molar-refractivity contribution in [2.45, 2.75) is 117 Å². The van der Waals surface area contributed by atoms with Crippen molar-refractivity contribution >= 4 is 17.9 Å². The van der Waals surface area contributed by atoms with Crippen LogP contribution in [0.4, 0.5) is 0 Å². The quantitative estimate of drug-likeness (QED) is 0.478. The van der Waals surface area contributed by atoms with Crippen LogP contribution in [0.3, 0.4) is 0 Å². The minimum Gasteiger partial charge on any atom is -0.463 e. The first-order valence-electron chi connectivity index (χ1n) is 13.0. The second-order valence-corrected chi connectivity index (χ2v) is 12.1. The van der Waals surface area contributed by atoms with Gasteiger partial charge in [-0.1, -0.05) is 13.8 Å². The highest BCUT2D eigenvalue weighted by Gasteiger charge is 2.68. The summed E-state index contributed by atoms with van der Waals surface area (Å²) in [7, 11) is 0. The standard InChI is InChI=1S/C27H42O7/c1-15(32-16(2)28)21-7-8-22-20-10-12-27(31)13-19(33-17(3)29)9-11-26(27,6)24(20)23(34-18(4)30)14-25(21,22)5/h15,19-24,31H,7-14H2,1-6H3/t15-,19-,20+,21+,22-,23-,24+,25-,26-,27+/m1/s1. The van der Waals surface area contributed by atoms with Crippen molar-refractivity contribution in [2.24, 2.45) is 34.5 Å². The second kappa shape index (κ2) is 8.79. The molecule has 0 radical (unpaired) electrons. The van der Waals surface area contributed by atoms with Gasteiger partial charge in [-0.05, 0) is 69.1 Å². The lowest BCUT2D eigenvalue weighted by molar-refractivity contribution is -0.252. The minimum atomic E-state index is -0.957. The lowest BCUT2D eigenvalue weighted by Crippen LogP contribution is -2.67. The molecule has 0 aromatic rings. The van der Waals surface area contributed by atoms with Gasteiger partial charge >= 0.3 is 17.9 Å². The fraction of sp³-hybridized carbons (Fsp3) is 0.889. The van der Waals surface area contributed by atoms with Gasteiger partial charge in [-0.3, -0.25) is 14.4 Å². The van der Waals surface area contributed by atoms with Gasteiger partial charge in [0.15, 0.2) is 0 Å².